The van der Waals surface area contributed by atoms with Gasteiger partial charge in [-0.1, -0.05) is 12.1 Å². The maximum absolute atomic E-state index is 13.1. The number of urea groups is 1. The highest BCUT2D eigenvalue weighted by atomic mass is 19.1. The van der Waals surface area contributed by atoms with Crippen molar-refractivity contribution in [1.29, 1.82) is 0 Å². The first-order chi connectivity index (χ1) is 10.7. The molecule has 0 unspecified atom stereocenters. The van der Waals surface area contributed by atoms with Gasteiger partial charge in [-0.05, 0) is 55.2 Å². The minimum atomic E-state index is -0.264. The number of carbonyl (C=O) groups is 1. The van der Waals surface area contributed by atoms with Crippen LogP contribution in [0.15, 0.2) is 24.3 Å². The van der Waals surface area contributed by atoms with Crippen molar-refractivity contribution in [2.45, 2.75) is 31.7 Å². The van der Waals surface area contributed by atoms with Gasteiger partial charge in [-0.2, -0.15) is 0 Å². The van der Waals surface area contributed by atoms with E-state index in [0.29, 0.717) is 24.9 Å². The van der Waals surface area contributed by atoms with Gasteiger partial charge >= 0.3 is 6.03 Å². The molecule has 0 aromatic heterocycles. The second kappa shape index (κ2) is 6.65. The molecule has 2 N–H and O–H groups in total. The zero-order valence-electron chi connectivity index (χ0n) is 12.7. The minimum absolute atomic E-state index is 0.0230. The number of carbonyl (C=O) groups excluding carboxylic acids is 1. The van der Waals surface area contributed by atoms with Gasteiger partial charge in [0.15, 0.2) is 0 Å². The molecule has 2 saturated carbocycles. The molecular weight excluding hydrogens is 283 g/mol. The molecule has 4 nitrogen and oxygen atoms in total. The minimum Gasteiger partial charge on any atom is -0.395 e. The molecule has 120 valence electrons. The van der Waals surface area contributed by atoms with E-state index < -0.39 is 0 Å². The van der Waals surface area contributed by atoms with Crippen LogP contribution in [0.25, 0.3) is 0 Å². The number of aliphatic hydroxyl groups excluding tert-OH is 1. The normalized spacial score (nSPS) is 18.8. The second-order valence-corrected chi connectivity index (χ2v) is 6.43. The topological polar surface area (TPSA) is 52.6 Å². The largest absolute Gasteiger partial charge is 0.395 e. The fourth-order valence-corrected chi connectivity index (χ4v) is 2.81. The van der Waals surface area contributed by atoms with E-state index in [9.17, 15) is 9.18 Å². The van der Waals surface area contributed by atoms with Crippen LogP contribution in [-0.4, -0.2) is 35.7 Å². The lowest BCUT2D eigenvalue weighted by atomic mass is 10.0. The van der Waals surface area contributed by atoms with Crippen molar-refractivity contribution >= 4 is 6.03 Å². The zero-order chi connectivity index (χ0) is 15.5. The quantitative estimate of drug-likeness (QED) is 0.814. The monoisotopic (exact) mass is 306 g/mol. The Balaban J connectivity index is 1.66. The Morgan fingerprint density at radius 1 is 1.27 bits per heavy atom. The maximum Gasteiger partial charge on any atom is 0.317 e. The molecule has 2 fully saturated rings. The molecule has 3 rings (SSSR count). The van der Waals surface area contributed by atoms with Crippen LogP contribution in [0.5, 0.6) is 0 Å². The summed E-state index contributed by atoms with van der Waals surface area (Å²) in [5.41, 5.74) is 0.952. The van der Waals surface area contributed by atoms with E-state index in [1.807, 2.05) is 0 Å². The van der Waals surface area contributed by atoms with Gasteiger partial charge in [0.2, 0.25) is 0 Å². The summed E-state index contributed by atoms with van der Waals surface area (Å²) in [6.45, 7) is 1.06. The van der Waals surface area contributed by atoms with E-state index in [1.165, 1.54) is 25.0 Å². The Morgan fingerprint density at radius 3 is 2.50 bits per heavy atom. The molecule has 2 aliphatic carbocycles. The molecule has 1 aromatic carbocycles. The molecule has 0 saturated heterocycles. The molecule has 1 atom stereocenters. The smallest absolute Gasteiger partial charge is 0.317 e. The lowest BCUT2D eigenvalue weighted by Gasteiger charge is -2.26. The lowest BCUT2D eigenvalue weighted by Crippen LogP contribution is -2.44. The van der Waals surface area contributed by atoms with Crippen molar-refractivity contribution < 1.29 is 14.3 Å². The van der Waals surface area contributed by atoms with Crippen LogP contribution < -0.4 is 5.32 Å². The van der Waals surface area contributed by atoms with Crippen molar-refractivity contribution in [3.05, 3.63) is 35.6 Å². The summed E-state index contributed by atoms with van der Waals surface area (Å²) in [4.78, 5) is 14.2. The Kier molecular flexibility index (Phi) is 4.62. The molecule has 22 heavy (non-hydrogen) atoms. The number of halogens is 1. The molecule has 0 heterocycles. The predicted octanol–water partition coefficient (Wildman–Crippen LogP) is 2.69. The Hall–Kier alpha value is -1.62. The number of benzene rings is 1. The van der Waals surface area contributed by atoms with Crippen LogP contribution in [0.1, 0.15) is 37.3 Å². The van der Waals surface area contributed by atoms with Gasteiger partial charge in [0.05, 0.1) is 12.6 Å². The van der Waals surface area contributed by atoms with Gasteiger partial charge in [-0.25, -0.2) is 9.18 Å². The van der Waals surface area contributed by atoms with Gasteiger partial charge in [-0.15, -0.1) is 0 Å². The predicted molar refractivity (Wildman–Crippen MR) is 81.8 cm³/mol. The summed E-state index contributed by atoms with van der Waals surface area (Å²) >= 11 is 0. The highest BCUT2D eigenvalue weighted by Crippen LogP contribution is 2.41. The highest BCUT2D eigenvalue weighted by molar-refractivity contribution is 5.75. The molecule has 2 aliphatic rings. The molecule has 2 amide bonds. The number of hydrogen-bond donors (Lipinski definition) is 2. The van der Waals surface area contributed by atoms with Crippen LogP contribution >= 0.6 is 0 Å². The van der Waals surface area contributed by atoms with Crippen molar-refractivity contribution in [3.8, 4) is 0 Å². The van der Waals surface area contributed by atoms with Crippen LogP contribution in [0.2, 0.25) is 0 Å². The molecule has 1 aromatic rings. The number of nitrogens with one attached hydrogen (secondary N) is 1. The fraction of sp³-hybridized carbons (Fsp3) is 0.588. The molecule has 5 heteroatoms. The number of rotatable bonds is 7. The third kappa shape index (κ3) is 3.97. The zero-order valence-corrected chi connectivity index (χ0v) is 12.7. The summed E-state index contributed by atoms with van der Waals surface area (Å²) in [6, 6.07) is 6.18. The highest BCUT2D eigenvalue weighted by Gasteiger charge is 2.35. The van der Waals surface area contributed by atoms with E-state index in [-0.39, 0.29) is 24.5 Å². The van der Waals surface area contributed by atoms with Crippen molar-refractivity contribution in [2.75, 3.05) is 19.7 Å². The van der Waals surface area contributed by atoms with Gasteiger partial charge in [0.1, 0.15) is 5.82 Å². The number of aliphatic hydroxyl groups is 1. The molecule has 0 bridgehead atoms. The summed E-state index contributed by atoms with van der Waals surface area (Å²) in [6.07, 6.45) is 4.51. The number of amides is 2. The van der Waals surface area contributed by atoms with Crippen molar-refractivity contribution in [2.24, 2.45) is 11.8 Å². The summed E-state index contributed by atoms with van der Waals surface area (Å²) in [5, 5.41) is 12.2. The molecule has 0 aliphatic heterocycles. The van der Waals surface area contributed by atoms with Crippen molar-refractivity contribution in [3.63, 3.8) is 0 Å². The SMILES string of the molecule is O=C(N[C@@H](c1ccc(F)cc1)C1CC1)N(CCO)CC1CC1. The Bertz CT molecular complexity index is 512. The van der Waals surface area contributed by atoms with Gasteiger partial charge in [0, 0.05) is 13.1 Å². The summed E-state index contributed by atoms with van der Waals surface area (Å²) < 4.78 is 13.1. The van der Waals surface area contributed by atoms with Gasteiger partial charge < -0.3 is 15.3 Å². The number of nitrogens with zero attached hydrogens (tertiary/aromatic N) is 1. The second-order valence-electron chi connectivity index (χ2n) is 6.43. The average Bonchev–Trinajstić information content (AvgIpc) is 3.38. The van der Waals surface area contributed by atoms with E-state index in [0.717, 1.165) is 18.4 Å². The fourth-order valence-electron chi connectivity index (χ4n) is 2.81. The van der Waals surface area contributed by atoms with Crippen LogP contribution in [0.3, 0.4) is 0 Å². The molecule has 0 spiro atoms. The van der Waals surface area contributed by atoms with Gasteiger partial charge in [-0.3, -0.25) is 0 Å². The molecule has 0 radical (unpaired) electrons. The van der Waals surface area contributed by atoms with E-state index in [4.69, 9.17) is 5.11 Å². The summed E-state index contributed by atoms with van der Waals surface area (Å²) in [7, 11) is 0. The van der Waals surface area contributed by atoms with E-state index in [2.05, 4.69) is 5.32 Å². The van der Waals surface area contributed by atoms with Crippen LogP contribution in [0, 0.1) is 17.7 Å². The molecular formula is C17H23FN2O2. The Morgan fingerprint density at radius 2 is 1.95 bits per heavy atom. The summed E-state index contributed by atoms with van der Waals surface area (Å²) in [5.74, 6) is 0.758. The van der Waals surface area contributed by atoms with Gasteiger partial charge in [0.25, 0.3) is 0 Å². The van der Waals surface area contributed by atoms with E-state index in [1.54, 1.807) is 17.0 Å². The first-order valence-corrected chi connectivity index (χ1v) is 8.09. The standard InChI is InChI=1S/C17H23FN2O2/c18-15-7-5-14(6-8-15)16(13-3-4-13)19-17(22)20(9-10-21)11-12-1-2-12/h5-8,12-13,16,21H,1-4,9-11H2,(H,19,22)/t16-/m1/s1. The third-order valence-corrected chi connectivity index (χ3v) is 4.43. The van der Waals surface area contributed by atoms with Crippen LogP contribution in [0.4, 0.5) is 9.18 Å². The lowest BCUT2D eigenvalue weighted by molar-refractivity contribution is 0.170. The first kappa shape index (κ1) is 15.3. The van der Waals surface area contributed by atoms with Crippen molar-refractivity contribution in [1.82, 2.24) is 10.2 Å². The third-order valence-electron chi connectivity index (χ3n) is 4.43. The first-order valence-electron chi connectivity index (χ1n) is 8.09. The maximum atomic E-state index is 13.1. The van der Waals surface area contributed by atoms with Crippen LogP contribution in [-0.2, 0) is 0 Å². The van der Waals surface area contributed by atoms with E-state index >= 15 is 0 Å². The number of hydrogen-bond acceptors (Lipinski definition) is 2. The Labute approximate surface area is 130 Å². The average molecular weight is 306 g/mol.